The van der Waals surface area contributed by atoms with Crippen molar-refractivity contribution in [1.29, 1.82) is 0 Å². The Balaban J connectivity index is 1.96. The van der Waals surface area contributed by atoms with Gasteiger partial charge in [-0.05, 0) is 58.9 Å². The molecule has 0 radical (unpaired) electrons. The largest absolute Gasteiger partial charge is 0.508 e. The fraction of sp³-hybridized carbons (Fsp3) is 0.625. The minimum atomic E-state index is -0.386. The lowest BCUT2D eigenvalue weighted by Crippen LogP contribution is -2.38. The summed E-state index contributed by atoms with van der Waals surface area (Å²) in [4.78, 5) is 4.62. The van der Waals surface area contributed by atoms with E-state index in [0.29, 0.717) is 0 Å². The molecule has 0 aliphatic carbocycles. The third-order valence-corrected chi connectivity index (χ3v) is 4.26. The van der Waals surface area contributed by atoms with Crippen molar-refractivity contribution in [2.45, 2.75) is 25.8 Å². The molecule has 0 bridgehead atoms. The number of aromatic hydroxyl groups is 1. The molecule has 20 heavy (non-hydrogen) atoms. The van der Waals surface area contributed by atoms with Crippen molar-refractivity contribution in [3.05, 3.63) is 29.6 Å². The van der Waals surface area contributed by atoms with Crippen molar-refractivity contribution in [3.8, 4) is 5.75 Å². The number of nitrogens with zero attached hydrogens (tertiary/aromatic N) is 2. The number of rotatable bonds is 4. The summed E-state index contributed by atoms with van der Waals surface area (Å²) < 4.78 is 13.0. The Morgan fingerprint density at radius 3 is 2.55 bits per heavy atom. The number of hydrogen-bond donors (Lipinski definition) is 1. The van der Waals surface area contributed by atoms with E-state index in [-0.39, 0.29) is 17.6 Å². The van der Waals surface area contributed by atoms with Crippen LogP contribution in [0.1, 0.15) is 31.4 Å². The fourth-order valence-electron chi connectivity index (χ4n) is 3.11. The van der Waals surface area contributed by atoms with Gasteiger partial charge in [-0.25, -0.2) is 4.39 Å². The van der Waals surface area contributed by atoms with E-state index >= 15 is 0 Å². The van der Waals surface area contributed by atoms with Gasteiger partial charge >= 0.3 is 0 Å². The Morgan fingerprint density at radius 2 is 2.00 bits per heavy atom. The zero-order valence-electron chi connectivity index (χ0n) is 12.6. The molecule has 1 heterocycles. The summed E-state index contributed by atoms with van der Waals surface area (Å²) in [7, 11) is 4.23. The van der Waals surface area contributed by atoms with Crippen LogP contribution in [0, 0.1) is 11.7 Å². The molecule has 1 N–H and O–H groups in total. The lowest BCUT2D eigenvalue weighted by molar-refractivity contribution is 0.126. The monoisotopic (exact) mass is 280 g/mol. The summed E-state index contributed by atoms with van der Waals surface area (Å²) in [6, 6.07) is 4.45. The maximum Gasteiger partial charge on any atom is 0.126 e. The zero-order chi connectivity index (χ0) is 14.7. The van der Waals surface area contributed by atoms with Gasteiger partial charge in [0.2, 0.25) is 0 Å². The molecule has 1 aliphatic heterocycles. The van der Waals surface area contributed by atoms with E-state index in [1.165, 1.54) is 25.0 Å². The van der Waals surface area contributed by atoms with Crippen LogP contribution in [0.4, 0.5) is 4.39 Å². The molecular formula is C16H25FN2O. The quantitative estimate of drug-likeness (QED) is 0.918. The Labute approximate surface area is 121 Å². The smallest absolute Gasteiger partial charge is 0.126 e. The average molecular weight is 280 g/mol. The van der Waals surface area contributed by atoms with Gasteiger partial charge in [0.05, 0.1) is 0 Å². The number of likely N-dealkylation sites (tertiary alicyclic amines) is 1. The van der Waals surface area contributed by atoms with Gasteiger partial charge in [0.1, 0.15) is 11.6 Å². The maximum absolute atomic E-state index is 13.0. The highest BCUT2D eigenvalue weighted by atomic mass is 19.1. The summed E-state index contributed by atoms with van der Waals surface area (Å²) in [6.45, 7) is 5.30. The summed E-state index contributed by atoms with van der Waals surface area (Å²) >= 11 is 0. The molecule has 0 spiro atoms. The van der Waals surface area contributed by atoms with Gasteiger partial charge in [-0.15, -0.1) is 0 Å². The van der Waals surface area contributed by atoms with Crippen LogP contribution in [0.2, 0.25) is 0 Å². The molecular weight excluding hydrogens is 255 g/mol. The van der Waals surface area contributed by atoms with Crippen LogP contribution in [-0.2, 0) is 0 Å². The molecule has 1 aliphatic rings. The number of halogens is 1. The van der Waals surface area contributed by atoms with Crippen LogP contribution in [0.3, 0.4) is 0 Å². The van der Waals surface area contributed by atoms with Crippen LogP contribution in [0.5, 0.6) is 5.75 Å². The Hall–Kier alpha value is -1.13. The van der Waals surface area contributed by atoms with Gasteiger partial charge < -0.3 is 10.0 Å². The van der Waals surface area contributed by atoms with Crippen LogP contribution in [0.15, 0.2) is 18.2 Å². The van der Waals surface area contributed by atoms with Gasteiger partial charge in [0.25, 0.3) is 0 Å². The zero-order valence-corrected chi connectivity index (χ0v) is 12.6. The molecule has 0 saturated carbocycles. The molecule has 1 fully saturated rings. The number of hydrogen-bond acceptors (Lipinski definition) is 3. The fourth-order valence-corrected chi connectivity index (χ4v) is 3.11. The third-order valence-electron chi connectivity index (χ3n) is 4.26. The van der Waals surface area contributed by atoms with E-state index in [2.05, 4.69) is 30.8 Å². The highest BCUT2D eigenvalue weighted by molar-refractivity contribution is 5.35. The summed E-state index contributed by atoms with van der Waals surface area (Å²) in [5.41, 5.74) is 0.817. The second kappa shape index (κ2) is 6.55. The van der Waals surface area contributed by atoms with E-state index in [1.807, 2.05) is 0 Å². The predicted octanol–water partition coefficient (Wildman–Crippen LogP) is 2.87. The molecule has 1 aromatic rings. The molecule has 0 amide bonds. The Kier molecular flexibility index (Phi) is 5.00. The standard InChI is InChI=1S/C16H25FN2O/c1-12(15-5-4-14(17)10-16(15)20)19-8-6-13(7-9-19)11-18(2)3/h4-5,10,12-13,20H,6-9,11H2,1-3H3. The molecule has 4 heteroatoms. The lowest BCUT2D eigenvalue weighted by atomic mass is 9.94. The number of phenols is 1. The average Bonchev–Trinajstić information content (AvgIpc) is 2.38. The second-order valence-electron chi connectivity index (χ2n) is 6.12. The molecule has 112 valence electrons. The topological polar surface area (TPSA) is 26.7 Å². The highest BCUT2D eigenvalue weighted by Crippen LogP contribution is 2.31. The van der Waals surface area contributed by atoms with E-state index in [0.717, 1.165) is 31.1 Å². The molecule has 1 aromatic carbocycles. The first kappa shape index (κ1) is 15.3. The lowest BCUT2D eigenvalue weighted by Gasteiger charge is -2.37. The van der Waals surface area contributed by atoms with E-state index in [4.69, 9.17) is 0 Å². The molecule has 1 atom stereocenters. The summed E-state index contributed by atoms with van der Waals surface area (Å²) in [6.07, 6.45) is 2.37. The minimum Gasteiger partial charge on any atom is -0.508 e. The van der Waals surface area contributed by atoms with Gasteiger partial charge in [-0.2, -0.15) is 0 Å². The van der Waals surface area contributed by atoms with Crippen molar-refractivity contribution in [2.24, 2.45) is 5.92 Å². The van der Waals surface area contributed by atoms with Gasteiger partial charge in [0.15, 0.2) is 0 Å². The van der Waals surface area contributed by atoms with Gasteiger partial charge in [-0.1, -0.05) is 6.07 Å². The summed E-state index contributed by atoms with van der Waals surface area (Å²) in [5, 5.41) is 9.89. The second-order valence-corrected chi connectivity index (χ2v) is 6.12. The van der Waals surface area contributed by atoms with Crippen LogP contribution < -0.4 is 0 Å². The third kappa shape index (κ3) is 3.70. The number of phenolic OH excluding ortho intramolecular Hbond substituents is 1. The summed E-state index contributed by atoms with van der Waals surface area (Å²) in [5.74, 6) is 0.436. The molecule has 1 unspecified atom stereocenters. The molecule has 0 aromatic heterocycles. The first-order chi connectivity index (χ1) is 9.47. The first-order valence-electron chi connectivity index (χ1n) is 7.34. The van der Waals surface area contributed by atoms with E-state index in [1.54, 1.807) is 6.07 Å². The van der Waals surface area contributed by atoms with Crippen molar-refractivity contribution in [2.75, 3.05) is 33.7 Å². The number of benzene rings is 1. The normalized spacial score (nSPS) is 19.4. The molecule has 2 rings (SSSR count). The van der Waals surface area contributed by atoms with Crippen molar-refractivity contribution in [1.82, 2.24) is 9.80 Å². The van der Waals surface area contributed by atoms with Crippen molar-refractivity contribution in [3.63, 3.8) is 0 Å². The maximum atomic E-state index is 13.0. The molecule has 1 saturated heterocycles. The Morgan fingerprint density at radius 1 is 1.35 bits per heavy atom. The van der Waals surface area contributed by atoms with Crippen molar-refractivity contribution < 1.29 is 9.50 Å². The van der Waals surface area contributed by atoms with Crippen LogP contribution >= 0.6 is 0 Å². The molecule has 3 nitrogen and oxygen atoms in total. The minimum absolute atomic E-state index is 0.0629. The highest BCUT2D eigenvalue weighted by Gasteiger charge is 2.25. The van der Waals surface area contributed by atoms with E-state index in [9.17, 15) is 9.50 Å². The van der Waals surface area contributed by atoms with Gasteiger partial charge in [0, 0.05) is 24.2 Å². The predicted molar refractivity (Wildman–Crippen MR) is 79.3 cm³/mol. The van der Waals surface area contributed by atoms with Crippen molar-refractivity contribution >= 4 is 0 Å². The van der Waals surface area contributed by atoms with Gasteiger partial charge in [-0.3, -0.25) is 4.90 Å². The SMILES string of the molecule is CC(c1ccc(F)cc1O)N1CCC(CN(C)C)CC1. The van der Waals surface area contributed by atoms with Crippen LogP contribution in [0.25, 0.3) is 0 Å². The van der Waals surface area contributed by atoms with E-state index < -0.39 is 0 Å². The Bertz CT molecular complexity index is 442. The number of piperidine rings is 1. The van der Waals surface area contributed by atoms with Crippen LogP contribution in [-0.4, -0.2) is 48.6 Å². The first-order valence-corrected chi connectivity index (χ1v) is 7.34.